The highest BCUT2D eigenvalue weighted by Crippen LogP contribution is 2.28. The molecule has 5 N–H and O–H groups in total. The third-order valence-corrected chi connectivity index (χ3v) is 7.99. The average molecular weight is 659 g/mol. The fourth-order valence-electron chi connectivity index (χ4n) is 4.55. The van der Waals surface area contributed by atoms with E-state index in [0.29, 0.717) is 54.5 Å². The molecule has 2 aromatic carbocycles. The van der Waals surface area contributed by atoms with E-state index < -0.39 is 40.6 Å². The van der Waals surface area contributed by atoms with Gasteiger partial charge in [-0.2, -0.15) is 17.9 Å². The summed E-state index contributed by atoms with van der Waals surface area (Å²) < 4.78 is 78.4. The van der Waals surface area contributed by atoms with Crippen LogP contribution in [0, 0.1) is 0 Å². The highest BCUT2D eigenvalue weighted by atomic mass is 32.2. The van der Waals surface area contributed by atoms with Crippen LogP contribution in [0.3, 0.4) is 0 Å². The monoisotopic (exact) mass is 658 g/mol. The number of hydrogen-bond acceptors (Lipinski definition) is 8. The highest BCUT2D eigenvalue weighted by Gasteiger charge is 2.44. The van der Waals surface area contributed by atoms with Crippen LogP contribution >= 0.6 is 0 Å². The molecule has 0 aromatic heterocycles. The number of halogens is 3. The number of guanidine groups is 1. The van der Waals surface area contributed by atoms with E-state index in [4.69, 9.17) is 21.0 Å². The molecule has 0 aliphatic carbocycles. The number of nitrogens with one attached hydrogen (secondary N) is 1. The first-order chi connectivity index (χ1) is 21.2. The molecule has 45 heavy (non-hydrogen) atoms. The van der Waals surface area contributed by atoms with E-state index in [0.717, 1.165) is 18.4 Å². The molecule has 0 unspecified atom stereocenters. The van der Waals surface area contributed by atoms with Crippen LogP contribution < -0.4 is 20.9 Å². The molecular formula is C30H41F3N4O7S. The van der Waals surface area contributed by atoms with Gasteiger partial charge in [-0.3, -0.25) is 0 Å². The van der Waals surface area contributed by atoms with Gasteiger partial charge in [-0.05, 0) is 65.2 Å². The summed E-state index contributed by atoms with van der Waals surface area (Å²) in [5.74, 6) is -4.22. The second kappa shape index (κ2) is 17.6. The fraction of sp³-hybridized carbons (Fsp3) is 0.500. The first-order valence-corrected chi connectivity index (χ1v) is 16.1. The second-order valence-electron chi connectivity index (χ2n) is 10.3. The Kier molecular flexibility index (Phi) is 14.6. The third kappa shape index (κ3) is 12.2. The predicted molar refractivity (Wildman–Crippen MR) is 162 cm³/mol. The molecule has 0 spiro atoms. The van der Waals surface area contributed by atoms with Gasteiger partial charge in [0, 0.05) is 6.42 Å². The van der Waals surface area contributed by atoms with Gasteiger partial charge in [0.05, 0.1) is 11.5 Å². The number of oxime groups is 1. The summed E-state index contributed by atoms with van der Waals surface area (Å²) in [7, 11) is -4.47. The molecule has 1 atom stereocenters. The molecule has 11 nitrogen and oxygen atoms in total. The molecule has 0 amide bonds. The van der Waals surface area contributed by atoms with E-state index in [2.05, 4.69) is 14.6 Å². The molecular weight excluding hydrogens is 617 g/mol. The Morgan fingerprint density at radius 1 is 0.911 bits per heavy atom. The number of rotatable bonds is 18. The van der Waals surface area contributed by atoms with Crippen LogP contribution in [-0.4, -0.2) is 51.7 Å². The minimum Gasteiger partial charge on any atom is -0.493 e. The van der Waals surface area contributed by atoms with Gasteiger partial charge in [-0.25, -0.2) is 18.0 Å². The van der Waals surface area contributed by atoms with Gasteiger partial charge in [0.1, 0.15) is 18.4 Å². The van der Waals surface area contributed by atoms with E-state index in [-0.39, 0.29) is 24.1 Å². The van der Waals surface area contributed by atoms with Crippen LogP contribution in [0.15, 0.2) is 46.4 Å². The SMILES string of the molecule is CCCc1cc(CCC)c(S(=O)(=O)N[C@@H](Cc2ccc(OCCCON=C(N)N)cc2)C(=O)OC(=O)C(F)(F)F)c(CCC)c1. The maximum atomic E-state index is 13.9. The van der Waals surface area contributed by atoms with E-state index >= 15 is 0 Å². The lowest BCUT2D eigenvalue weighted by Crippen LogP contribution is -2.45. The van der Waals surface area contributed by atoms with Crippen LogP contribution in [0.1, 0.15) is 68.7 Å². The fourth-order valence-corrected chi connectivity index (χ4v) is 6.23. The van der Waals surface area contributed by atoms with Gasteiger partial charge >= 0.3 is 18.1 Å². The Labute approximate surface area is 261 Å². The summed E-state index contributed by atoms with van der Waals surface area (Å²) in [5, 5.41) is 3.38. The van der Waals surface area contributed by atoms with Crippen molar-refractivity contribution in [2.24, 2.45) is 16.6 Å². The van der Waals surface area contributed by atoms with Gasteiger partial charge in [0.25, 0.3) is 0 Å². The van der Waals surface area contributed by atoms with Crippen molar-refractivity contribution in [3.8, 4) is 5.75 Å². The van der Waals surface area contributed by atoms with Crippen molar-refractivity contribution >= 4 is 27.9 Å². The number of sulfonamides is 1. The maximum absolute atomic E-state index is 13.9. The number of nitrogens with two attached hydrogens (primary N) is 2. The molecule has 2 rings (SSSR count). The largest absolute Gasteiger partial charge is 0.493 e. The molecule has 250 valence electrons. The molecule has 0 aliphatic heterocycles. The van der Waals surface area contributed by atoms with Crippen LogP contribution in [0.2, 0.25) is 0 Å². The summed E-state index contributed by atoms with van der Waals surface area (Å²) in [6.45, 7) is 6.23. The maximum Gasteiger partial charge on any atom is 0.491 e. The Hall–Kier alpha value is -3.85. The van der Waals surface area contributed by atoms with Gasteiger partial charge in [0.2, 0.25) is 16.0 Å². The smallest absolute Gasteiger partial charge is 0.491 e. The number of alkyl halides is 3. The molecule has 15 heteroatoms. The zero-order valence-corrected chi connectivity index (χ0v) is 26.4. The number of ether oxygens (including phenoxy) is 2. The van der Waals surface area contributed by atoms with Crippen molar-refractivity contribution in [2.45, 2.75) is 89.3 Å². The van der Waals surface area contributed by atoms with Crippen LogP contribution in [0.4, 0.5) is 13.2 Å². The number of carbonyl (C=O) groups is 2. The summed E-state index contributed by atoms with van der Waals surface area (Å²) in [6, 6.07) is 7.87. The van der Waals surface area contributed by atoms with Gasteiger partial charge < -0.3 is 25.8 Å². The number of hydrogen-bond donors (Lipinski definition) is 3. The normalized spacial score (nSPS) is 12.3. The minimum atomic E-state index is -5.45. The highest BCUT2D eigenvalue weighted by molar-refractivity contribution is 7.89. The van der Waals surface area contributed by atoms with E-state index in [1.165, 1.54) is 24.3 Å². The molecule has 0 fully saturated rings. The molecule has 0 radical (unpaired) electrons. The quantitative estimate of drug-likeness (QED) is 0.0534. The zero-order chi connectivity index (χ0) is 33.6. The van der Waals surface area contributed by atoms with Crippen molar-refractivity contribution in [1.29, 1.82) is 0 Å². The Balaban J connectivity index is 2.37. The molecule has 0 heterocycles. The lowest BCUT2D eigenvalue weighted by Gasteiger charge is -2.22. The van der Waals surface area contributed by atoms with Gasteiger partial charge in [-0.1, -0.05) is 64.3 Å². The van der Waals surface area contributed by atoms with Crippen molar-refractivity contribution < 1.29 is 45.5 Å². The lowest BCUT2D eigenvalue weighted by molar-refractivity contribution is -0.202. The summed E-state index contributed by atoms with van der Waals surface area (Å²) in [4.78, 5) is 29.2. The van der Waals surface area contributed by atoms with Crippen molar-refractivity contribution in [3.05, 3.63) is 58.7 Å². The zero-order valence-electron chi connectivity index (χ0n) is 25.6. The van der Waals surface area contributed by atoms with Crippen molar-refractivity contribution in [1.82, 2.24) is 4.72 Å². The van der Waals surface area contributed by atoms with E-state index in [1.807, 2.05) is 32.9 Å². The average Bonchev–Trinajstić information content (AvgIpc) is 2.95. The molecule has 2 aromatic rings. The topological polar surface area (TPSA) is 172 Å². The Bertz CT molecular complexity index is 1380. The van der Waals surface area contributed by atoms with Crippen molar-refractivity contribution in [3.63, 3.8) is 0 Å². The van der Waals surface area contributed by atoms with Crippen LogP contribution in [-0.2, 0) is 54.9 Å². The Morgan fingerprint density at radius 3 is 2.00 bits per heavy atom. The number of carbonyl (C=O) groups excluding carboxylic acids is 2. The van der Waals surface area contributed by atoms with E-state index in [9.17, 15) is 31.2 Å². The number of esters is 2. The molecule has 0 saturated carbocycles. The Morgan fingerprint density at radius 2 is 1.49 bits per heavy atom. The van der Waals surface area contributed by atoms with Gasteiger partial charge in [0.15, 0.2) is 0 Å². The molecule has 0 aliphatic rings. The molecule has 0 bridgehead atoms. The number of benzene rings is 2. The second-order valence-corrected chi connectivity index (χ2v) is 11.9. The summed E-state index contributed by atoms with van der Waals surface area (Å²) in [5.41, 5.74) is 12.7. The van der Waals surface area contributed by atoms with Crippen molar-refractivity contribution in [2.75, 3.05) is 13.2 Å². The first-order valence-electron chi connectivity index (χ1n) is 14.6. The van der Waals surface area contributed by atoms with Gasteiger partial charge in [-0.15, -0.1) is 0 Å². The van der Waals surface area contributed by atoms with Crippen LogP contribution in [0.5, 0.6) is 5.75 Å². The van der Waals surface area contributed by atoms with E-state index in [1.54, 1.807) is 0 Å². The third-order valence-electron chi connectivity index (χ3n) is 6.34. The lowest BCUT2D eigenvalue weighted by atomic mass is 9.97. The number of nitrogens with zero attached hydrogens (tertiary/aromatic N) is 1. The standard InChI is InChI=1S/C30H41F3N4O7S/c1-4-8-21-17-22(9-5-2)26(23(18-21)10-6-3)45(40,41)37-25(27(38)44-28(39)30(31,32)33)19-20-11-13-24(14-12-20)42-15-7-16-43-36-29(34)35/h11-14,17-18,25,37H,4-10,15-16,19H2,1-3H3,(H4,34,35,36)/t25-/m0/s1. The van der Waals surface area contributed by atoms with Crippen LogP contribution in [0.25, 0.3) is 0 Å². The molecule has 0 saturated heterocycles. The predicted octanol–water partition coefficient (Wildman–Crippen LogP) is 4.04. The first kappa shape index (κ1) is 37.3. The minimum absolute atomic E-state index is 0.0152. The number of aryl methyl sites for hydroxylation is 3. The summed E-state index contributed by atoms with van der Waals surface area (Å²) >= 11 is 0. The summed E-state index contributed by atoms with van der Waals surface area (Å²) in [6.07, 6.45) is -1.72.